The molecule has 2 aliphatic rings. The van der Waals surface area contributed by atoms with E-state index in [-0.39, 0.29) is 34.9 Å². The highest BCUT2D eigenvalue weighted by molar-refractivity contribution is 5.75. The van der Waals surface area contributed by atoms with Crippen LogP contribution in [0.25, 0.3) is 0 Å². The van der Waals surface area contributed by atoms with Gasteiger partial charge in [-0.2, -0.15) is 0 Å². The number of aliphatic hydroxyl groups excluding tert-OH is 1. The Morgan fingerprint density at radius 1 is 1.29 bits per heavy atom. The van der Waals surface area contributed by atoms with Crippen LogP contribution in [0.15, 0.2) is 18.2 Å². The molecule has 2 aliphatic carbocycles. The van der Waals surface area contributed by atoms with Gasteiger partial charge in [0.1, 0.15) is 6.10 Å². The van der Waals surface area contributed by atoms with Crippen LogP contribution in [0, 0.1) is 16.7 Å². The lowest BCUT2D eigenvalue weighted by Crippen LogP contribution is -2.40. The minimum absolute atomic E-state index is 0.0378. The molecule has 0 spiro atoms. The summed E-state index contributed by atoms with van der Waals surface area (Å²) in [6, 6.07) is 4.24. The zero-order chi connectivity index (χ0) is 17.7. The summed E-state index contributed by atoms with van der Waals surface area (Å²) in [6.45, 7) is 6.67. The molecule has 3 N–H and O–H groups in total. The van der Waals surface area contributed by atoms with Crippen molar-refractivity contribution in [3.05, 3.63) is 23.8 Å². The third kappa shape index (κ3) is 2.55. The van der Waals surface area contributed by atoms with E-state index in [1.165, 1.54) is 18.6 Å². The molecule has 0 radical (unpaired) electrons. The molecule has 0 saturated heterocycles. The first-order valence-electron chi connectivity index (χ1n) is 8.54. The van der Waals surface area contributed by atoms with Crippen LogP contribution >= 0.6 is 0 Å². The Hall–Kier alpha value is -1.75. The van der Waals surface area contributed by atoms with Crippen molar-refractivity contribution >= 4 is 5.97 Å². The van der Waals surface area contributed by atoms with Crippen LogP contribution in [0.1, 0.15) is 45.6 Å². The van der Waals surface area contributed by atoms with Gasteiger partial charge in [0.15, 0.2) is 17.6 Å². The van der Waals surface area contributed by atoms with Gasteiger partial charge in [-0.15, -0.1) is 0 Å². The first kappa shape index (κ1) is 17.1. The number of ether oxygens (including phenoxy) is 1. The monoisotopic (exact) mass is 334 g/mol. The molecule has 2 bridgehead atoms. The highest BCUT2D eigenvalue weighted by atomic mass is 16.6. The number of rotatable bonds is 4. The number of aromatic hydroxyl groups is 2. The van der Waals surface area contributed by atoms with Gasteiger partial charge in [0, 0.05) is 11.8 Å². The van der Waals surface area contributed by atoms with Crippen molar-refractivity contribution in [2.24, 2.45) is 16.7 Å². The highest BCUT2D eigenvalue weighted by Gasteiger charge is 2.63. The van der Waals surface area contributed by atoms with E-state index in [1.54, 1.807) is 6.07 Å². The first-order chi connectivity index (χ1) is 11.1. The van der Waals surface area contributed by atoms with E-state index in [2.05, 4.69) is 20.8 Å². The Kier molecular flexibility index (Phi) is 4.03. The van der Waals surface area contributed by atoms with Crippen molar-refractivity contribution in [1.82, 2.24) is 0 Å². The molecule has 0 aromatic heterocycles. The summed E-state index contributed by atoms with van der Waals surface area (Å²) in [6.07, 6.45) is 1.70. The molecule has 3 rings (SSSR count). The number of hydrogen-bond acceptors (Lipinski definition) is 5. The molecule has 1 aromatic rings. The summed E-state index contributed by atoms with van der Waals surface area (Å²) in [5, 5.41) is 29.0. The van der Waals surface area contributed by atoms with Crippen LogP contribution < -0.4 is 0 Å². The maximum atomic E-state index is 12.3. The topological polar surface area (TPSA) is 87.0 Å². The third-order valence-corrected chi connectivity index (χ3v) is 6.71. The van der Waals surface area contributed by atoms with Crippen molar-refractivity contribution < 1.29 is 24.9 Å². The summed E-state index contributed by atoms with van der Waals surface area (Å²) in [5.74, 6) is -0.549. The van der Waals surface area contributed by atoms with Crippen molar-refractivity contribution in [3.63, 3.8) is 0 Å². The Bertz CT molecular complexity index is 653. The van der Waals surface area contributed by atoms with Crippen molar-refractivity contribution in [3.8, 4) is 11.5 Å². The smallest absolute Gasteiger partial charge is 0.335 e. The molecular weight excluding hydrogens is 308 g/mol. The van der Waals surface area contributed by atoms with Gasteiger partial charge >= 0.3 is 5.97 Å². The average molecular weight is 334 g/mol. The largest absolute Gasteiger partial charge is 0.504 e. The van der Waals surface area contributed by atoms with Crippen molar-refractivity contribution in [1.29, 1.82) is 0 Å². The molecule has 4 atom stereocenters. The Morgan fingerprint density at radius 2 is 2.00 bits per heavy atom. The van der Waals surface area contributed by atoms with Crippen LogP contribution in [0.4, 0.5) is 0 Å². The van der Waals surface area contributed by atoms with Crippen molar-refractivity contribution in [2.75, 3.05) is 0 Å². The molecular formula is C19H26O5. The molecule has 24 heavy (non-hydrogen) atoms. The van der Waals surface area contributed by atoms with E-state index in [9.17, 15) is 20.1 Å². The second-order valence-corrected chi connectivity index (χ2v) is 8.08. The summed E-state index contributed by atoms with van der Waals surface area (Å²) in [5.41, 5.74) is 0.671. The summed E-state index contributed by atoms with van der Waals surface area (Å²) in [4.78, 5) is 12.3. The second kappa shape index (κ2) is 5.66. The molecule has 2 fully saturated rings. The highest BCUT2D eigenvalue weighted by Crippen LogP contribution is 2.66. The zero-order valence-electron chi connectivity index (χ0n) is 14.5. The van der Waals surface area contributed by atoms with E-state index in [1.807, 2.05) is 0 Å². The zero-order valence-corrected chi connectivity index (χ0v) is 14.5. The number of phenolic OH excluding ortho intramolecular Hbond substituents is 2. The lowest BCUT2D eigenvalue weighted by Gasteiger charge is -2.38. The van der Waals surface area contributed by atoms with E-state index < -0.39 is 12.1 Å². The summed E-state index contributed by atoms with van der Waals surface area (Å²) >= 11 is 0. The normalized spacial score (nSPS) is 31.8. The Labute approximate surface area is 142 Å². The van der Waals surface area contributed by atoms with Gasteiger partial charge in [0.25, 0.3) is 0 Å². The maximum absolute atomic E-state index is 12.3. The third-order valence-electron chi connectivity index (χ3n) is 6.71. The van der Waals surface area contributed by atoms with Crippen LogP contribution in [-0.4, -0.2) is 33.5 Å². The lowest BCUT2D eigenvalue weighted by molar-refractivity contribution is -0.166. The molecule has 2 saturated carbocycles. The van der Waals surface area contributed by atoms with E-state index in [0.717, 1.165) is 12.8 Å². The van der Waals surface area contributed by atoms with Gasteiger partial charge in [-0.05, 0) is 48.3 Å². The fourth-order valence-electron chi connectivity index (χ4n) is 4.53. The fraction of sp³-hybridized carbons (Fsp3) is 0.632. The molecule has 1 unspecified atom stereocenters. The number of carbonyl (C=O) groups is 1. The van der Waals surface area contributed by atoms with Crippen molar-refractivity contribution in [2.45, 2.75) is 58.7 Å². The lowest BCUT2D eigenvalue weighted by atomic mass is 9.70. The number of carbonyl (C=O) groups excluding carboxylic acids is 1. The molecule has 0 amide bonds. The minimum Gasteiger partial charge on any atom is -0.504 e. The number of phenols is 2. The molecule has 5 nitrogen and oxygen atoms in total. The standard InChI is InChI=1S/C19H26O5/c1-18(2)12-6-7-19(18,3)16(10-12)24-17(23)15(22)9-11-4-5-13(20)14(21)8-11/h4-5,8,12,15-16,20-22H,6-7,9-10H2,1-3H3/t12-,15?,16+,19+/m0/s1. The van der Waals surface area contributed by atoms with E-state index in [0.29, 0.717) is 11.5 Å². The number of benzene rings is 1. The van der Waals surface area contributed by atoms with Crippen LogP contribution in [0.2, 0.25) is 0 Å². The minimum atomic E-state index is -1.28. The molecule has 132 valence electrons. The summed E-state index contributed by atoms with van der Waals surface area (Å²) in [7, 11) is 0. The number of fused-ring (bicyclic) bond motifs is 2. The first-order valence-corrected chi connectivity index (χ1v) is 8.54. The predicted octanol–water partition coefficient (Wildman–Crippen LogP) is 2.76. The maximum Gasteiger partial charge on any atom is 0.335 e. The van der Waals surface area contributed by atoms with Crippen LogP contribution in [-0.2, 0) is 16.0 Å². The molecule has 0 aliphatic heterocycles. The van der Waals surface area contributed by atoms with Gasteiger partial charge in [-0.1, -0.05) is 26.8 Å². The average Bonchev–Trinajstić information content (AvgIpc) is 2.84. The van der Waals surface area contributed by atoms with Gasteiger partial charge in [-0.3, -0.25) is 0 Å². The molecule has 1 aromatic carbocycles. The Balaban J connectivity index is 1.64. The number of hydrogen-bond donors (Lipinski definition) is 3. The predicted molar refractivity (Wildman–Crippen MR) is 88.6 cm³/mol. The Morgan fingerprint density at radius 3 is 2.54 bits per heavy atom. The second-order valence-electron chi connectivity index (χ2n) is 8.08. The van der Waals surface area contributed by atoms with Gasteiger partial charge in [-0.25, -0.2) is 4.79 Å². The van der Waals surface area contributed by atoms with Gasteiger partial charge < -0.3 is 20.1 Å². The van der Waals surface area contributed by atoms with Gasteiger partial charge in [0.05, 0.1) is 0 Å². The number of aliphatic hydroxyl groups is 1. The van der Waals surface area contributed by atoms with Crippen LogP contribution in [0.5, 0.6) is 11.5 Å². The summed E-state index contributed by atoms with van der Waals surface area (Å²) < 4.78 is 5.67. The molecule has 0 heterocycles. The fourth-order valence-corrected chi connectivity index (χ4v) is 4.53. The number of esters is 1. The quantitative estimate of drug-likeness (QED) is 0.582. The molecule has 5 heteroatoms. The SMILES string of the molecule is CC1(C)[C@H]2CC[C@]1(C)[C@H](OC(=O)C(O)Cc1ccc(O)c(O)c1)C2. The van der Waals surface area contributed by atoms with Gasteiger partial charge in [0.2, 0.25) is 0 Å². The van der Waals surface area contributed by atoms with Crippen LogP contribution in [0.3, 0.4) is 0 Å². The van der Waals surface area contributed by atoms with E-state index in [4.69, 9.17) is 4.74 Å². The van der Waals surface area contributed by atoms with E-state index >= 15 is 0 Å².